The van der Waals surface area contributed by atoms with Crippen LogP contribution in [0.5, 0.6) is 5.75 Å². The largest absolute Gasteiger partial charge is 0.504 e. The van der Waals surface area contributed by atoms with E-state index >= 15 is 0 Å². The first kappa shape index (κ1) is 17.2. The second-order valence-electron chi connectivity index (χ2n) is 7.87. The van der Waals surface area contributed by atoms with Crippen molar-refractivity contribution in [1.82, 2.24) is 9.97 Å². The SMILES string of the molecule is CC(C)(C)c1nc(C=Cc2ccccc2)nc(C(C)(C)C)c1O. The third-order valence-electron chi connectivity index (χ3n) is 3.55. The Bertz CT molecular complexity index is 670. The first-order valence-electron chi connectivity index (χ1n) is 7.94. The number of hydrogen-bond acceptors (Lipinski definition) is 3. The Morgan fingerprint density at radius 1 is 0.783 bits per heavy atom. The Balaban J connectivity index is 2.54. The molecule has 0 saturated heterocycles. The van der Waals surface area contributed by atoms with Gasteiger partial charge in [-0.3, -0.25) is 0 Å². The molecule has 1 N–H and O–H groups in total. The smallest absolute Gasteiger partial charge is 0.159 e. The zero-order valence-electron chi connectivity index (χ0n) is 14.9. The van der Waals surface area contributed by atoms with Crippen molar-refractivity contribution in [1.29, 1.82) is 0 Å². The summed E-state index contributed by atoms with van der Waals surface area (Å²) in [6.07, 6.45) is 3.89. The molecule has 1 aromatic heterocycles. The van der Waals surface area contributed by atoms with E-state index in [9.17, 15) is 5.11 Å². The lowest BCUT2D eigenvalue weighted by molar-refractivity contribution is 0.406. The van der Waals surface area contributed by atoms with E-state index in [4.69, 9.17) is 0 Å². The maximum atomic E-state index is 10.6. The van der Waals surface area contributed by atoms with Crippen molar-refractivity contribution in [2.45, 2.75) is 52.4 Å². The van der Waals surface area contributed by atoms with Crippen molar-refractivity contribution in [2.75, 3.05) is 0 Å². The summed E-state index contributed by atoms with van der Waals surface area (Å²) in [6.45, 7) is 12.3. The third-order valence-corrected chi connectivity index (χ3v) is 3.55. The highest BCUT2D eigenvalue weighted by Crippen LogP contribution is 2.36. The Morgan fingerprint density at radius 2 is 1.26 bits per heavy atom. The summed E-state index contributed by atoms with van der Waals surface area (Å²) in [7, 11) is 0. The van der Waals surface area contributed by atoms with Gasteiger partial charge in [0.1, 0.15) is 0 Å². The summed E-state index contributed by atoms with van der Waals surface area (Å²) in [5, 5.41) is 10.6. The number of hydrogen-bond donors (Lipinski definition) is 1. The topological polar surface area (TPSA) is 46.0 Å². The first-order valence-corrected chi connectivity index (χ1v) is 7.94. The molecular weight excluding hydrogens is 284 g/mol. The molecule has 0 bridgehead atoms. The molecule has 122 valence electrons. The normalized spacial score (nSPS) is 12.8. The van der Waals surface area contributed by atoms with Crippen LogP contribution >= 0.6 is 0 Å². The van der Waals surface area contributed by atoms with Crippen LogP contribution in [-0.4, -0.2) is 15.1 Å². The highest BCUT2D eigenvalue weighted by molar-refractivity contribution is 5.67. The molecule has 0 radical (unpaired) electrons. The molecule has 0 aliphatic rings. The maximum Gasteiger partial charge on any atom is 0.159 e. The van der Waals surface area contributed by atoms with Gasteiger partial charge < -0.3 is 5.11 Å². The van der Waals surface area contributed by atoms with Gasteiger partial charge in [0.05, 0.1) is 11.4 Å². The number of benzene rings is 1. The van der Waals surface area contributed by atoms with Gasteiger partial charge in [-0.2, -0.15) is 0 Å². The van der Waals surface area contributed by atoms with E-state index in [0.717, 1.165) is 5.56 Å². The summed E-state index contributed by atoms with van der Waals surface area (Å²) >= 11 is 0. The van der Waals surface area contributed by atoms with Crippen LogP contribution in [0.4, 0.5) is 0 Å². The molecule has 0 amide bonds. The average Bonchev–Trinajstić information content (AvgIpc) is 2.44. The van der Waals surface area contributed by atoms with Crippen LogP contribution in [0, 0.1) is 0 Å². The van der Waals surface area contributed by atoms with Crippen molar-refractivity contribution in [3.8, 4) is 5.75 Å². The van der Waals surface area contributed by atoms with Crippen LogP contribution in [0.2, 0.25) is 0 Å². The lowest BCUT2D eigenvalue weighted by atomic mass is 9.85. The van der Waals surface area contributed by atoms with Gasteiger partial charge in [-0.05, 0) is 11.6 Å². The highest BCUT2D eigenvalue weighted by Gasteiger charge is 2.28. The van der Waals surface area contributed by atoms with Gasteiger partial charge in [0.15, 0.2) is 11.6 Å². The molecular formula is C20H26N2O. The molecule has 2 rings (SSSR count). The van der Waals surface area contributed by atoms with Gasteiger partial charge in [-0.25, -0.2) is 9.97 Å². The van der Waals surface area contributed by atoms with Crippen molar-refractivity contribution in [3.63, 3.8) is 0 Å². The number of aromatic hydroxyl groups is 1. The lowest BCUT2D eigenvalue weighted by Gasteiger charge is -2.25. The molecule has 0 unspecified atom stereocenters. The van der Waals surface area contributed by atoms with Crippen molar-refractivity contribution < 1.29 is 5.11 Å². The van der Waals surface area contributed by atoms with Crippen LogP contribution < -0.4 is 0 Å². The molecule has 0 aliphatic carbocycles. The predicted molar refractivity (Wildman–Crippen MR) is 96.5 cm³/mol. The molecule has 0 saturated carbocycles. The van der Waals surface area contributed by atoms with Crippen molar-refractivity contribution in [2.24, 2.45) is 0 Å². The number of rotatable bonds is 2. The Kier molecular flexibility index (Phi) is 4.60. The summed E-state index contributed by atoms with van der Waals surface area (Å²) in [4.78, 5) is 9.17. The van der Waals surface area contributed by atoms with Gasteiger partial charge in [-0.15, -0.1) is 0 Å². The van der Waals surface area contributed by atoms with Crippen LogP contribution in [0.1, 0.15) is 64.3 Å². The quantitative estimate of drug-likeness (QED) is 0.854. The van der Waals surface area contributed by atoms with Crippen LogP contribution in [0.3, 0.4) is 0 Å². The van der Waals surface area contributed by atoms with Gasteiger partial charge >= 0.3 is 0 Å². The van der Waals surface area contributed by atoms with E-state index in [1.807, 2.05) is 84.0 Å². The summed E-state index contributed by atoms with van der Waals surface area (Å²) < 4.78 is 0. The van der Waals surface area contributed by atoms with Crippen LogP contribution in [-0.2, 0) is 10.8 Å². The molecule has 3 heteroatoms. The van der Waals surface area contributed by atoms with Gasteiger partial charge in [0.2, 0.25) is 0 Å². The second-order valence-corrected chi connectivity index (χ2v) is 7.87. The fourth-order valence-corrected chi connectivity index (χ4v) is 2.33. The zero-order chi connectivity index (χ0) is 17.3. The van der Waals surface area contributed by atoms with E-state index in [2.05, 4.69) is 9.97 Å². The molecule has 1 aromatic carbocycles. The van der Waals surface area contributed by atoms with E-state index in [-0.39, 0.29) is 16.6 Å². The maximum absolute atomic E-state index is 10.6. The molecule has 1 heterocycles. The standard InChI is InChI=1S/C20H26N2O/c1-19(2,3)17-16(23)18(20(4,5)6)22-15(21-17)13-12-14-10-8-7-9-11-14/h7-13,23H,1-6H3. The highest BCUT2D eigenvalue weighted by atomic mass is 16.3. The van der Waals surface area contributed by atoms with Gasteiger partial charge in [-0.1, -0.05) is 78.0 Å². The Labute approximate surface area is 139 Å². The Morgan fingerprint density at radius 3 is 1.70 bits per heavy atom. The summed E-state index contributed by atoms with van der Waals surface area (Å²) in [5.74, 6) is 0.836. The lowest BCUT2D eigenvalue weighted by Crippen LogP contribution is -2.21. The minimum atomic E-state index is -0.248. The first-order chi connectivity index (χ1) is 10.6. The molecule has 3 nitrogen and oxygen atoms in total. The van der Waals surface area contributed by atoms with E-state index in [1.54, 1.807) is 0 Å². The fraction of sp³-hybridized carbons (Fsp3) is 0.400. The van der Waals surface area contributed by atoms with E-state index < -0.39 is 0 Å². The van der Waals surface area contributed by atoms with E-state index in [0.29, 0.717) is 17.2 Å². The summed E-state index contributed by atoms with van der Waals surface area (Å²) in [5.41, 5.74) is 1.97. The van der Waals surface area contributed by atoms with Crippen LogP contribution in [0.15, 0.2) is 30.3 Å². The fourth-order valence-electron chi connectivity index (χ4n) is 2.33. The van der Waals surface area contributed by atoms with Gasteiger partial charge in [0, 0.05) is 10.8 Å². The third kappa shape index (κ3) is 4.19. The minimum absolute atomic E-state index is 0.210. The summed E-state index contributed by atoms with van der Waals surface area (Å²) in [6, 6.07) is 10.1. The number of nitrogens with zero attached hydrogens (tertiary/aromatic N) is 2. The van der Waals surface area contributed by atoms with Crippen molar-refractivity contribution >= 4 is 12.2 Å². The molecule has 0 spiro atoms. The molecule has 2 aromatic rings. The molecule has 0 atom stereocenters. The molecule has 23 heavy (non-hydrogen) atoms. The molecule has 0 fully saturated rings. The second kappa shape index (κ2) is 6.15. The van der Waals surface area contributed by atoms with Crippen molar-refractivity contribution in [3.05, 3.63) is 53.1 Å². The van der Waals surface area contributed by atoms with Gasteiger partial charge in [0.25, 0.3) is 0 Å². The zero-order valence-corrected chi connectivity index (χ0v) is 14.9. The van der Waals surface area contributed by atoms with E-state index in [1.165, 1.54) is 0 Å². The average molecular weight is 310 g/mol. The molecule has 0 aliphatic heterocycles. The Hall–Kier alpha value is -2.16. The predicted octanol–water partition coefficient (Wildman–Crippen LogP) is 4.95. The minimum Gasteiger partial charge on any atom is -0.504 e. The monoisotopic (exact) mass is 310 g/mol. The van der Waals surface area contributed by atoms with Crippen LogP contribution in [0.25, 0.3) is 12.2 Å². The number of aromatic nitrogens is 2.